The Balaban J connectivity index is 1.24. The zero-order valence-electron chi connectivity index (χ0n) is 37.4. The molecule has 12 nitrogen and oxygen atoms in total. The van der Waals surface area contributed by atoms with Gasteiger partial charge in [0.2, 0.25) is 0 Å². The van der Waals surface area contributed by atoms with Gasteiger partial charge in [0.25, 0.3) is 0 Å². The summed E-state index contributed by atoms with van der Waals surface area (Å²) >= 11 is 3.38. The number of ether oxygens (including phenoxy) is 7. The van der Waals surface area contributed by atoms with Gasteiger partial charge in [0, 0.05) is 12.7 Å². The van der Waals surface area contributed by atoms with Gasteiger partial charge in [0.1, 0.15) is 51.0 Å². The summed E-state index contributed by atoms with van der Waals surface area (Å²) in [5.74, 6) is -1.65. The Morgan fingerprint density at radius 1 is 0.635 bits per heavy atom. The Morgan fingerprint density at radius 2 is 1.17 bits per heavy atom. The first-order valence-corrected chi connectivity index (χ1v) is 21.2. The van der Waals surface area contributed by atoms with Crippen LogP contribution < -0.4 is 23.7 Å². The molecule has 0 spiro atoms. The fourth-order valence-electron chi connectivity index (χ4n) is 7.85. The van der Waals surface area contributed by atoms with Crippen LogP contribution in [0.25, 0.3) is 0 Å². The SMILES string of the molecule is COCOC(=O)c1c(C)c(C)c(OC(=O)c2c(C)cc(OC(=O)c3c(C)c(C)c(OC(=O)c4c(C)cc(OCc5ccccc5)c5c4OCCC5)c(Br)c3O)c(C)c2C)c(C)c1C. The second-order valence-electron chi connectivity index (χ2n) is 15.7. The van der Waals surface area contributed by atoms with Crippen molar-refractivity contribution in [2.45, 2.75) is 88.7 Å². The molecule has 0 atom stereocenters. The molecule has 0 saturated heterocycles. The molecule has 0 saturated carbocycles. The number of halogens is 1. The molecule has 5 aromatic carbocycles. The van der Waals surface area contributed by atoms with E-state index in [1.807, 2.05) is 36.4 Å². The lowest BCUT2D eigenvalue weighted by atomic mass is 9.92. The second-order valence-corrected chi connectivity index (χ2v) is 16.5. The van der Waals surface area contributed by atoms with E-state index in [-0.39, 0.29) is 39.5 Å². The number of benzene rings is 5. The predicted octanol–water partition coefficient (Wildman–Crippen LogP) is 10.6. The van der Waals surface area contributed by atoms with Gasteiger partial charge in [-0.05, 0) is 171 Å². The largest absolute Gasteiger partial charge is 0.506 e. The molecule has 1 aliphatic rings. The lowest BCUT2D eigenvalue weighted by Crippen LogP contribution is -2.20. The van der Waals surface area contributed by atoms with Crippen LogP contribution in [0.3, 0.4) is 0 Å². The highest BCUT2D eigenvalue weighted by molar-refractivity contribution is 9.10. The molecule has 0 bridgehead atoms. The monoisotopic (exact) mass is 922 g/mol. The summed E-state index contributed by atoms with van der Waals surface area (Å²) in [6.45, 7) is 17.8. The number of fused-ring (bicyclic) bond motifs is 1. The third-order valence-corrected chi connectivity index (χ3v) is 12.6. The number of aryl methyl sites for hydroxylation is 2. The third-order valence-electron chi connectivity index (χ3n) is 11.8. The Bertz CT molecular complexity index is 2620. The van der Waals surface area contributed by atoms with E-state index in [4.69, 9.17) is 33.2 Å². The summed E-state index contributed by atoms with van der Waals surface area (Å²) in [5, 5.41) is 11.5. The van der Waals surface area contributed by atoms with Gasteiger partial charge in [-0.15, -0.1) is 0 Å². The number of esters is 4. The molecule has 0 aliphatic carbocycles. The normalized spacial score (nSPS) is 11.9. The van der Waals surface area contributed by atoms with Crippen molar-refractivity contribution >= 4 is 39.8 Å². The van der Waals surface area contributed by atoms with Gasteiger partial charge in [-0.2, -0.15) is 0 Å². The topological polar surface area (TPSA) is 153 Å². The van der Waals surface area contributed by atoms with Crippen LogP contribution in [0.1, 0.15) is 115 Å². The first-order valence-electron chi connectivity index (χ1n) is 20.4. The van der Waals surface area contributed by atoms with Crippen molar-refractivity contribution in [1.29, 1.82) is 0 Å². The fraction of sp³-hybridized carbons (Fsp3) is 0.320. The summed E-state index contributed by atoms with van der Waals surface area (Å²) < 4.78 is 40.3. The van der Waals surface area contributed by atoms with E-state index in [9.17, 15) is 24.3 Å². The molecule has 0 radical (unpaired) electrons. The highest BCUT2D eigenvalue weighted by Crippen LogP contribution is 2.45. The number of phenols is 1. The quantitative estimate of drug-likeness (QED) is 0.0720. The van der Waals surface area contributed by atoms with Crippen molar-refractivity contribution in [3.05, 3.63) is 136 Å². The standard InChI is InChI=1S/C50H51BrO12/c1-24-20-36(26(3)27(4)38(24)48(54)62-44-31(8)28(5)40(29(6)32(44)9)47(53)60-23-57-11)61-50(56)41-30(7)33(10)45(42(51)43(41)52)63-49(55)39-25(2)21-37(35-18-15-19-58-46(35)39)59-22-34-16-13-12-14-17-34/h12-14,16-17,20-21,52H,15,18-19,22-23H2,1-11H3. The Labute approximate surface area is 375 Å². The molecule has 63 heavy (non-hydrogen) atoms. The maximum absolute atomic E-state index is 14.0. The zero-order valence-corrected chi connectivity index (χ0v) is 39.0. The van der Waals surface area contributed by atoms with Gasteiger partial charge < -0.3 is 38.3 Å². The minimum atomic E-state index is -0.866. The van der Waals surface area contributed by atoms with Gasteiger partial charge >= 0.3 is 23.9 Å². The Kier molecular flexibility index (Phi) is 14.0. The number of hydrogen-bond donors (Lipinski definition) is 1. The average Bonchev–Trinajstić information content (AvgIpc) is 3.25. The van der Waals surface area contributed by atoms with Crippen LogP contribution in [0.2, 0.25) is 0 Å². The number of carbonyl (C=O) groups excluding carboxylic acids is 4. The van der Waals surface area contributed by atoms with Gasteiger partial charge in [-0.25, -0.2) is 19.2 Å². The van der Waals surface area contributed by atoms with Crippen molar-refractivity contribution in [2.75, 3.05) is 20.5 Å². The minimum absolute atomic E-state index is 0.0145. The molecular formula is C50H51BrO12. The van der Waals surface area contributed by atoms with Gasteiger partial charge in [0.15, 0.2) is 12.5 Å². The van der Waals surface area contributed by atoms with E-state index < -0.39 is 29.6 Å². The van der Waals surface area contributed by atoms with Gasteiger partial charge in [0.05, 0.1) is 17.7 Å². The van der Waals surface area contributed by atoms with Gasteiger partial charge in [-0.1, -0.05) is 30.3 Å². The predicted molar refractivity (Wildman–Crippen MR) is 239 cm³/mol. The zero-order chi connectivity index (χ0) is 46.0. The van der Waals surface area contributed by atoms with E-state index in [0.717, 1.165) is 17.5 Å². The highest BCUT2D eigenvalue weighted by atomic mass is 79.9. The molecule has 5 aromatic rings. The average molecular weight is 924 g/mol. The van der Waals surface area contributed by atoms with Crippen LogP contribution in [-0.2, 0) is 22.5 Å². The van der Waals surface area contributed by atoms with Crippen LogP contribution in [-0.4, -0.2) is 49.5 Å². The maximum Gasteiger partial charge on any atom is 0.347 e. The molecule has 6 rings (SSSR count). The first kappa shape index (κ1) is 46.3. The summed E-state index contributed by atoms with van der Waals surface area (Å²) in [4.78, 5) is 54.6. The number of hydrogen-bond acceptors (Lipinski definition) is 12. The van der Waals surface area contributed by atoms with Crippen LogP contribution in [0.15, 0.2) is 46.9 Å². The molecule has 0 amide bonds. The second kappa shape index (κ2) is 19.1. The smallest absolute Gasteiger partial charge is 0.347 e. The molecule has 13 heteroatoms. The fourth-order valence-corrected chi connectivity index (χ4v) is 8.43. The summed E-state index contributed by atoms with van der Waals surface area (Å²) in [6.07, 6.45) is 1.40. The maximum atomic E-state index is 14.0. The molecule has 1 heterocycles. The minimum Gasteiger partial charge on any atom is -0.506 e. The number of carbonyl (C=O) groups is 4. The van der Waals surface area contributed by atoms with Crippen molar-refractivity contribution in [3.8, 4) is 34.5 Å². The van der Waals surface area contributed by atoms with Crippen LogP contribution >= 0.6 is 15.9 Å². The first-order chi connectivity index (χ1) is 29.9. The molecular weight excluding hydrogens is 872 g/mol. The van der Waals surface area contributed by atoms with E-state index in [2.05, 4.69) is 15.9 Å². The van der Waals surface area contributed by atoms with E-state index in [1.54, 1.807) is 75.3 Å². The van der Waals surface area contributed by atoms with Crippen LogP contribution in [0.4, 0.5) is 0 Å². The highest BCUT2D eigenvalue weighted by Gasteiger charge is 2.32. The van der Waals surface area contributed by atoms with E-state index in [0.29, 0.717) is 98.1 Å². The lowest BCUT2D eigenvalue weighted by molar-refractivity contribution is -0.0126. The molecule has 1 aliphatic heterocycles. The third kappa shape index (κ3) is 9.03. The van der Waals surface area contributed by atoms with E-state index in [1.165, 1.54) is 7.11 Å². The summed E-state index contributed by atoms with van der Waals surface area (Å²) in [7, 11) is 1.42. The van der Waals surface area contributed by atoms with Crippen LogP contribution in [0, 0.1) is 69.2 Å². The van der Waals surface area contributed by atoms with Crippen molar-refractivity contribution in [1.82, 2.24) is 0 Å². The van der Waals surface area contributed by atoms with Crippen molar-refractivity contribution in [3.63, 3.8) is 0 Å². The summed E-state index contributed by atoms with van der Waals surface area (Å²) in [5.41, 5.74) is 7.79. The molecule has 1 N–H and O–H groups in total. The Morgan fingerprint density at radius 3 is 1.83 bits per heavy atom. The number of methoxy groups -OCH3 is 1. The van der Waals surface area contributed by atoms with Gasteiger partial charge in [-0.3, -0.25) is 0 Å². The molecule has 0 unspecified atom stereocenters. The van der Waals surface area contributed by atoms with Crippen molar-refractivity contribution < 1.29 is 57.4 Å². The number of phenolic OH excluding ortho intramolecular Hbond substituents is 1. The summed E-state index contributed by atoms with van der Waals surface area (Å²) in [6, 6.07) is 13.2. The molecule has 330 valence electrons. The molecule has 0 fully saturated rings. The number of rotatable bonds is 12. The van der Waals surface area contributed by atoms with Crippen molar-refractivity contribution in [2.24, 2.45) is 0 Å². The number of aromatic hydroxyl groups is 1. The van der Waals surface area contributed by atoms with E-state index >= 15 is 0 Å². The lowest BCUT2D eigenvalue weighted by Gasteiger charge is -2.24. The Hall–Kier alpha value is -6.18. The molecule has 0 aromatic heterocycles. The van der Waals surface area contributed by atoms with Crippen LogP contribution in [0.5, 0.6) is 34.5 Å².